The number of hydrogen-bond acceptors (Lipinski definition) is 4. The Morgan fingerprint density at radius 2 is 2.18 bits per heavy atom. The maximum absolute atomic E-state index is 5.27. The Morgan fingerprint density at radius 1 is 1.29 bits per heavy atom. The fourth-order valence-corrected chi connectivity index (χ4v) is 1.66. The van der Waals surface area contributed by atoms with Crippen LogP contribution in [0.1, 0.15) is 6.92 Å². The molecule has 4 nitrogen and oxygen atoms in total. The number of anilines is 2. The molecule has 88 valence electrons. The van der Waals surface area contributed by atoms with E-state index in [0.29, 0.717) is 12.5 Å². The van der Waals surface area contributed by atoms with Gasteiger partial charge in [0.1, 0.15) is 5.82 Å². The highest BCUT2D eigenvalue weighted by Gasteiger charge is 2.01. The van der Waals surface area contributed by atoms with Crippen molar-refractivity contribution in [2.24, 2.45) is 0 Å². The monoisotopic (exact) mass is 293 g/mol. The van der Waals surface area contributed by atoms with E-state index in [4.69, 9.17) is 4.74 Å². The molecule has 0 spiro atoms. The van der Waals surface area contributed by atoms with Crippen molar-refractivity contribution in [1.29, 1.82) is 0 Å². The van der Waals surface area contributed by atoms with Gasteiger partial charge in [-0.2, -0.15) is 0 Å². The zero-order chi connectivity index (χ0) is 12.1. The number of hydrogen-bond donors (Lipinski definition) is 1. The largest absolute Gasteiger partial charge is 0.478 e. The maximum Gasteiger partial charge on any atom is 0.213 e. The molecular formula is C12H12BrN3O. The highest BCUT2D eigenvalue weighted by Crippen LogP contribution is 2.23. The van der Waals surface area contributed by atoms with Crippen LogP contribution in [0.3, 0.4) is 0 Å². The molecule has 0 aromatic carbocycles. The van der Waals surface area contributed by atoms with Crippen molar-refractivity contribution in [2.75, 3.05) is 11.9 Å². The first-order chi connectivity index (χ1) is 8.29. The van der Waals surface area contributed by atoms with Gasteiger partial charge in [-0.1, -0.05) is 0 Å². The molecule has 0 aliphatic heterocycles. The normalized spacial score (nSPS) is 10.0. The van der Waals surface area contributed by atoms with Gasteiger partial charge >= 0.3 is 0 Å². The zero-order valence-corrected chi connectivity index (χ0v) is 10.9. The van der Waals surface area contributed by atoms with Crippen LogP contribution >= 0.6 is 15.9 Å². The molecule has 1 N–H and O–H groups in total. The molecule has 2 rings (SSSR count). The topological polar surface area (TPSA) is 47.0 Å². The molecule has 0 amide bonds. The second-order valence-electron chi connectivity index (χ2n) is 3.28. The molecular weight excluding hydrogens is 282 g/mol. The molecule has 5 heteroatoms. The van der Waals surface area contributed by atoms with Gasteiger partial charge in [0.15, 0.2) is 0 Å². The summed E-state index contributed by atoms with van der Waals surface area (Å²) in [6.45, 7) is 2.55. The second kappa shape index (κ2) is 5.63. The Bertz CT molecular complexity index is 487. The third-order valence-electron chi connectivity index (χ3n) is 2.05. The van der Waals surface area contributed by atoms with E-state index in [1.54, 1.807) is 12.4 Å². The van der Waals surface area contributed by atoms with Crippen LogP contribution in [0.15, 0.2) is 41.1 Å². The van der Waals surface area contributed by atoms with Crippen molar-refractivity contribution in [3.8, 4) is 5.88 Å². The third-order valence-corrected chi connectivity index (χ3v) is 2.69. The van der Waals surface area contributed by atoms with Crippen molar-refractivity contribution >= 4 is 27.4 Å². The summed E-state index contributed by atoms with van der Waals surface area (Å²) in [6, 6.07) is 7.52. The van der Waals surface area contributed by atoms with E-state index >= 15 is 0 Å². The van der Waals surface area contributed by atoms with E-state index in [2.05, 4.69) is 31.2 Å². The summed E-state index contributed by atoms with van der Waals surface area (Å²) in [5.41, 5.74) is 0.868. The van der Waals surface area contributed by atoms with Gasteiger partial charge in [-0.3, -0.25) is 0 Å². The van der Waals surface area contributed by atoms with E-state index in [0.717, 1.165) is 16.0 Å². The summed E-state index contributed by atoms with van der Waals surface area (Å²) >= 11 is 3.42. The fraction of sp³-hybridized carbons (Fsp3) is 0.167. The molecule has 0 aliphatic carbocycles. The van der Waals surface area contributed by atoms with Crippen LogP contribution in [0.5, 0.6) is 5.88 Å². The van der Waals surface area contributed by atoms with E-state index in [9.17, 15) is 0 Å². The highest BCUT2D eigenvalue weighted by atomic mass is 79.9. The summed E-state index contributed by atoms with van der Waals surface area (Å²) in [6.07, 6.45) is 3.45. The Morgan fingerprint density at radius 3 is 2.82 bits per heavy atom. The molecule has 2 aromatic rings. The minimum atomic E-state index is 0.617. The van der Waals surface area contributed by atoms with Crippen LogP contribution in [-0.4, -0.2) is 16.6 Å². The first-order valence-corrected chi connectivity index (χ1v) is 6.05. The maximum atomic E-state index is 5.27. The Hall–Kier alpha value is -1.62. The Labute approximate surface area is 108 Å². The van der Waals surface area contributed by atoms with Gasteiger partial charge in [0, 0.05) is 12.3 Å². The van der Waals surface area contributed by atoms with Crippen LogP contribution in [-0.2, 0) is 0 Å². The quantitative estimate of drug-likeness (QED) is 0.939. The second-order valence-corrected chi connectivity index (χ2v) is 4.13. The number of nitrogens with zero attached hydrogens (tertiary/aromatic N) is 2. The molecule has 0 radical (unpaired) electrons. The van der Waals surface area contributed by atoms with Crippen LogP contribution < -0.4 is 10.1 Å². The number of pyridine rings is 2. The van der Waals surface area contributed by atoms with Crippen molar-refractivity contribution in [3.63, 3.8) is 0 Å². The average Bonchev–Trinajstić information content (AvgIpc) is 2.35. The van der Waals surface area contributed by atoms with Gasteiger partial charge in [0.25, 0.3) is 0 Å². The van der Waals surface area contributed by atoms with E-state index in [1.807, 2.05) is 31.2 Å². The number of halogens is 1. The zero-order valence-electron chi connectivity index (χ0n) is 9.35. The average molecular weight is 294 g/mol. The summed E-state index contributed by atoms with van der Waals surface area (Å²) in [4.78, 5) is 8.38. The number of rotatable bonds is 4. The highest BCUT2D eigenvalue weighted by molar-refractivity contribution is 9.10. The number of nitrogens with one attached hydrogen (secondary N) is 1. The molecule has 2 heterocycles. The summed E-state index contributed by atoms with van der Waals surface area (Å²) < 4.78 is 6.18. The first-order valence-electron chi connectivity index (χ1n) is 5.26. The summed E-state index contributed by atoms with van der Waals surface area (Å²) in [5, 5.41) is 3.17. The van der Waals surface area contributed by atoms with E-state index in [-0.39, 0.29) is 0 Å². The molecule has 0 saturated carbocycles. The summed E-state index contributed by atoms with van der Waals surface area (Å²) in [5.74, 6) is 1.39. The first kappa shape index (κ1) is 11.9. The molecule has 0 fully saturated rings. The van der Waals surface area contributed by atoms with Gasteiger partial charge in [0.05, 0.1) is 23.0 Å². The lowest BCUT2D eigenvalue weighted by atomic mass is 10.4. The Balaban J connectivity index is 2.11. The minimum Gasteiger partial charge on any atom is -0.478 e. The third kappa shape index (κ3) is 3.17. The van der Waals surface area contributed by atoms with Crippen molar-refractivity contribution in [1.82, 2.24) is 9.97 Å². The fourth-order valence-electron chi connectivity index (χ4n) is 1.30. The van der Waals surface area contributed by atoms with Gasteiger partial charge in [-0.15, -0.1) is 0 Å². The van der Waals surface area contributed by atoms with Gasteiger partial charge in [-0.05, 0) is 41.1 Å². The van der Waals surface area contributed by atoms with Crippen molar-refractivity contribution < 1.29 is 4.74 Å². The molecule has 0 atom stereocenters. The smallest absolute Gasteiger partial charge is 0.213 e. The molecule has 0 aliphatic rings. The van der Waals surface area contributed by atoms with Gasteiger partial charge in [0.2, 0.25) is 5.88 Å². The molecule has 0 bridgehead atoms. The van der Waals surface area contributed by atoms with E-state index < -0.39 is 0 Å². The molecule has 2 aromatic heterocycles. The number of aromatic nitrogens is 2. The van der Waals surface area contributed by atoms with Gasteiger partial charge < -0.3 is 10.1 Å². The predicted molar refractivity (Wildman–Crippen MR) is 70.6 cm³/mol. The molecule has 0 saturated heterocycles. The predicted octanol–water partition coefficient (Wildman–Crippen LogP) is 3.38. The lowest BCUT2D eigenvalue weighted by Crippen LogP contribution is -1.97. The lowest BCUT2D eigenvalue weighted by molar-refractivity contribution is 0.327. The van der Waals surface area contributed by atoms with Gasteiger partial charge in [-0.25, -0.2) is 9.97 Å². The molecule has 0 unspecified atom stereocenters. The van der Waals surface area contributed by atoms with Crippen molar-refractivity contribution in [3.05, 3.63) is 41.1 Å². The van der Waals surface area contributed by atoms with Crippen LogP contribution in [0.2, 0.25) is 0 Å². The Kier molecular flexibility index (Phi) is 3.93. The van der Waals surface area contributed by atoms with Crippen LogP contribution in [0.4, 0.5) is 11.5 Å². The number of ether oxygens (including phenoxy) is 1. The van der Waals surface area contributed by atoms with E-state index in [1.165, 1.54) is 0 Å². The van der Waals surface area contributed by atoms with Crippen LogP contribution in [0.25, 0.3) is 0 Å². The summed E-state index contributed by atoms with van der Waals surface area (Å²) in [7, 11) is 0. The minimum absolute atomic E-state index is 0.617. The standard InChI is InChI=1S/C12H12BrN3O/c1-2-17-11-6-5-9(8-15-11)16-12-10(13)4-3-7-14-12/h3-8H,2H2,1H3,(H,14,16). The van der Waals surface area contributed by atoms with Crippen molar-refractivity contribution in [2.45, 2.75) is 6.92 Å². The van der Waals surface area contributed by atoms with Crippen LogP contribution in [0, 0.1) is 0 Å². The molecule has 17 heavy (non-hydrogen) atoms. The lowest BCUT2D eigenvalue weighted by Gasteiger charge is -2.07. The SMILES string of the molecule is CCOc1ccc(Nc2ncccc2Br)cn1.